The molecule has 0 aliphatic carbocycles. The van der Waals surface area contributed by atoms with Crippen molar-refractivity contribution in [2.24, 2.45) is 0 Å². The molecule has 0 N–H and O–H groups in total. The highest BCUT2D eigenvalue weighted by Gasteiger charge is 2.03. The van der Waals surface area contributed by atoms with E-state index in [9.17, 15) is 8.76 Å². The van der Waals surface area contributed by atoms with Crippen LogP contribution in [0, 0.1) is 0 Å². The molecule has 0 saturated carbocycles. The summed E-state index contributed by atoms with van der Waals surface area (Å²) in [6, 6.07) is 3.15. The average Bonchev–Trinajstić information content (AvgIpc) is 2.25. The van der Waals surface area contributed by atoms with Crippen LogP contribution in [0.2, 0.25) is 0 Å². The first kappa shape index (κ1) is 11.9. The molecular formula is C8H10NO5S-. The predicted molar refractivity (Wildman–Crippen MR) is 51.0 cm³/mol. The van der Waals surface area contributed by atoms with Gasteiger partial charge in [-0.3, -0.25) is 4.18 Å². The fourth-order valence-electron chi connectivity index (χ4n) is 0.939. The van der Waals surface area contributed by atoms with Gasteiger partial charge in [-0.25, -0.2) is 9.19 Å². The second kappa shape index (κ2) is 5.64. The van der Waals surface area contributed by atoms with E-state index in [0.29, 0.717) is 17.3 Å². The molecule has 0 aliphatic rings. The Morgan fingerprint density at radius 2 is 2.13 bits per heavy atom. The summed E-state index contributed by atoms with van der Waals surface area (Å²) >= 11 is -2.55. The van der Waals surface area contributed by atoms with Gasteiger partial charge in [-0.1, -0.05) is 0 Å². The predicted octanol–water partition coefficient (Wildman–Crippen LogP) is 0.409. The van der Waals surface area contributed by atoms with E-state index in [1.807, 2.05) is 0 Å². The minimum Gasteiger partial charge on any atom is -0.750 e. The number of methoxy groups -OCH3 is 2. The van der Waals surface area contributed by atoms with Crippen molar-refractivity contribution in [1.82, 2.24) is 4.98 Å². The number of hydrogen-bond acceptors (Lipinski definition) is 6. The number of hydrogen-bond donors (Lipinski definition) is 0. The Bertz CT molecular complexity index is 335. The minimum absolute atomic E-state index is 0.149. The summed E-state index contributed by atoms with van der Waals surface area (Å²) < 4.78 is 34.6. The van der Waals surface area contributed by atoms with Crippen molar-refractivity contribution in [3.63, 3.8) is 0 Å². The van der Waals surface area contributed by atoms with Crippen molar-refractivity contribution >= 4 is 11.4 Å². The van der Waals surface area contributed by atoms with Crippen LogP contribution in [0.4, 0.5) is 0 Å². The second-order valence-corrected chi connectivity index (χ2v) is 3.15. The highest BCUT2D eigenvalue weighted by molar-refractivity contribution is 7.74. The molecule has 7 heteroatoms. The zero-order chi connectivity index (χ0) is 11.3. The van der Waals surface area contributed by atoms with Gasteiger partial charge in [0.05, 0.1) is 31.3 Å². The van der Waals surface area contributed by atoms with Gasteiger partial charge >= 0.3 is 0 Å². The van der Waals surface area contributed by atoms with Crippen molar-refractivity contribution in [1.29, 1.82) is 0 Å². The molecule has 0 fully saturated rings. The van der Waals surface area contributed by atoms with E-state index in [2.05, 4.69) is 9.17 Å². The Kier molecular flexibility index (Phi) is 4.47. The lowest BCUT2D eigenvalue weighted by Gasteiger charge is -2.08. The summed E-state index contributed by atoms with van der Waals surface area (Å²) in [4.78, 5) is 3.97. The first-order valence-corrected chi connectivity index (χ1v) is 4.97. The van der Waals surface area contributed by atoms with E-state index >= 15 is 0 Å². The number of nitrogens with zero attached hydrogens (tertiary/aromatic N) is 1. The van der Waals surface area contributed by atoms with Gasteiger partial charge in [0.25, 0.3) is 0 Å². The van der Waals surface area contributed by atoms with Gasteiger partial charge in [0.2, 0.25) is 5.88 Å². The number of ether oxygens (including phenoxy) is 2. The van der Waals surface area contributed by atoms with Crippen LogP contribution in [-0.2, 0) is 22.2 Å². The molecule has 1 aromatic heterocycles. The molecule has 0 saturated heterocycles. The zero-order valence-electron chi connectivity index (χ0n) is 8.26. The van der Waals surface area contributed by atoms with Crippen LogP contribution in [0.25, 0.3) is 0 Å². The van der Waals surface area contributed by atoms with Gasteiger partial charge < -0.3 is 14.0 Å². The maximum absolute atomic E-state index is 10.2. The van der Waals surface area contributed by atoms with E-state index in [1.165, 1.54) is 14.2 Å². The van der Waals surface area contributed by atoms with Crippen molar-refractivity contribution in [3.8, 4) is 11.6 Å². The molecule has 0 aromatic carbocycles. The van der Waals surface area contributed by atoms with Gasteiger partial charge in [-0.15, -0.1) is 0 Å². The van der Waals surface area contributed by atoms with Crippen LogP contribution in [-0.4, -0.2) is 28.0 Å². The Morgan fingerprint density at radius 3 is 2.67 bits per heavy atom. The Labute approximate surface area is 89.7 Å². The van der Waals surface area contributed by atoms with Gasteiger partial charge in [-0.05, 0) is 0 Å². The van der Waals surface area contributed by atoms with Crippen LogP contribution in [0.5, 0.6) is 11.6 Å². The molecule has 0 radical (unpaired) electrons. The van der Waals surface area contributed by atoms with Crippen LogP contribution < -0.4 is 9.47 Å². The molecule has 0 spiro atoms. The van der Waals surface area contributed by atoms with Gasteiger partial charge in [-0.2, -0.15) is 0 Å². The SMILES string of the molecule is COc1cc(COS(=O)[O-])nc(OC)c1. The molecule has 0 bridgehead atoms. The van der Waals surface area contributed by atoms with E-state index in [-0.39, 0.29) is 6.61 Å². The number of aromatic nitrogens is 1. The minimum atomic E-state index is -2.55. The van der Waals surface area contributed by atoms with Crippen molar-refractivity contribution in [3.05, 3.63) is 17.8 Å². The summed E-state index contributed by atoms with van der Waals surface area (Å²) in [5.41, 5.74) is 0.412. The first-order valence-electron chi connectivity index (χ1n) is 3.97. The normalized spacial score (nSPS) is 12.2. The Hall–Kier alpha value is -1.18. The molecule has 84 valence electrons. The standard InChI is InChI=1S/C8H11NO5S/c1-12-7-3-6(5-14-15(10)11)9-8(4-7)13-2/h3-4H,5H2,1-2H3,(H,10,11)/p-1. The molecule has 0 aliphatic heterocycles. The summed E-state index contributed by atoms with van der Waals surface area (Å²) in [6.45, 7) is -0.149. The first-order chi connectivity index (χ1) is 7.15. The summed E-state index contributed by atoms with van der Waals surface area (Å²) in [5, 5.41) is 0. The molecular weight excluding hydrogens is 222 g/mol. The van der Waals surface area contributed by atoms with Crippen molar-refractivity contribution < 1.29 is 22.4 Å². The van der Waals surface area contributed by atoms with Crippen molar-refractivity contribution in [2.45, 2.75) is 6.61 Å². The summed E-state index contributed by atoms with van der Waals surface area (Å²) in [6.07, 6.45) is 0. The largest absolute Gasteiger partial charge is 0.750 e. The van der Waals surface area contributed by atoms with E-state index < -0.39 is 11.4 Å². The molecule has 1 heterocycles. The third-order valence-electron chi connectivity index (χ3n) is 1.58. The Balaban J connectivity index is 2.81. The maximum Gasteiger partial charge on any atom is 0.217 e. The molecule has 1 atom stereocenters. The van der Waals surface area contributed by atoms with Crippen LogP contribution in [0.1, 0.15) is 5.69 Å². The quantitative estimate of drug-likeness (QED) is 0.684. The van der Waals surface area contributed by atoms with E-state index in [4.69, 9.17) is 9.47 Å². The lowest BCUT2D eigenvalue weighted by Crippen LogP contribution is -2.00. The highest BCUT2D eigenvalue weighted by Crippen LogP contribution is 2.19. The monoisotopic (exact) mass is 232 g/mol. The summed E-state index contributed by atoms with van der Waals surface area (Å²) in [5.74, 6) is 0.863. The molecule has 1 rings (SSSR count). The van der Waals surface area contributed by atoms with Crippen LogP contribution >= 0.6 is 0 Å². The molecule has 0 amide bonds. The zero-order valence-corrected chi connectivity index (χ0v) is 9.08. The molecule has 1 aromatic rings. The third kappa shape index (κ3) is 3.82. The fraction of sp³-hybridized carbons (Fsp3) is 0.375. The molecule has 6 nitrogen and oxygen atoms in total. The summed E-state index contributed by atoms with van der Waals surface area (Å²) in [7, 11) is 2.95. The van der Waals surface area contributed by atoms with Crippen LogP contribution in [0.3, 0.4) is 0 Å². The third-order valence-corrected chi connectivity index (χ3v) is 1.89. The van der Waals surface area contributed by atoms with Gasteiger partial charge in [0.15, 0.2) is 0 Å². The molecule has 15 heavy (non-hydrogen) atoms. The number of pyridine rings is 1. The molecule has 1 unspecified atom stereocenters. The Morgan fingerprint density at radius 1 is 1.40 bits per heavy atom. The maximum atomic E-state index is 10.2. The van der Waals surface area contributed by atoms with Gasteiger partial charge in [0.1, 0.15) is 12.4 Å². The van der Waals surface area contributed by atoms with Gasteiger partial charge in [0, 0.05) is 12.1 Å². The van der Waals surface area contributed by atoms with Crippen molar-refractivity contribution in [2.75, 3.05) is 14.2 Å². The lowest BCUT2D eigenvalue weighted by molar-refractivity contribution is 0.283. The fourth-order valence-corrected chi connectivity index (χ4v) is 1.16. The number of rotatable bonds is 5. The van der Waals surface area contributed by atoms with Crippen LogP contribution in [0.15, 0.2) is 12.1 Å². The smallest absolute Gasteiger partial charge is 0.217 e. The lowest BCUT2D eigenvalue weighted by atomic mass is 10.3. The van der Waals surface area contributed by atoms with E-state index in [0.717, 1.165) is 0 Å². The average molecular weight is 232 g/mol. The highest BCUT2D eigenvalue weighted by atomic mass is 32.2. The van der Waals surface area contributed by atoms with E-state index in [1.54, 1.807) is 12.1 Å². The second-order valence-electron chi connectivity index (χ2n) is 2.51. The topological polar surface area (TPSA) is 80.7 Å².